The van der Waals surface area contributed by atoms with E-state index in [0.717, 1.165) is 51.4 Å². The number of unbranched alkanes of at least 4 members (excludes halogenated alkanes) is 2. The van der Waals surface area contributed by atoms with Gasteiger partial charge < -0.3 is 10.0 Å². The van der Waals surface area contributed by atoms with Gasteiger partial charge >= 0.3 is 6.09 Å². The zero-order valence-corrected chi connectivity index (χ0v) is 12.7. The number of carbonyl (C=O) groups is 1. The fourth-order valence-electron chi connectivity index (χ4n) is 2.76. The summed E-state index contributed by atoms with van der Waals surface area (Å²) in [5.74, 6) is 0. The third-order valence-electron chi connectivity index (χ3n) is 3.91. The Morgan fingerprint density at radius 3 is 2.00 bits per heavy atom. The molecule has 1 amide bonds. The Kier molecular flexibility index (Phi) is 8.86. The molecule has 0 rings (SSSR count). The minimum Gasteiger partial charge on any atom is -0.465 e. The van der Waals surface area contributed by atoms with Crippen molar-refractivity contribution in [2.75, 3.05) is 6.54 Å². The zero-order valence-electron chi connectivity index (χ0n) is 12.7. The molecule has 0 aromatic rings. The molecule has 0 saturated carbocycles. The molecule has 108 valence electrons. The highest BCUT2D eigenvalue weighted by Gasteiger charge is 2.36. The van der Waals surface area contributed by atoms with E-state index in [4.69, 9.17) is 0 Å². The first kappa shape index (κ1) is 17.3. The van der Waals surface area contributed by atoms with E-state index in [-0.39, 0.29) is 5.54 Å². The lowest BCUT2D eigenvalue weighted by molar-refractivity contribution is 0.0566. The largest absolute Gasteiger partial charge is 0.465 e. The predicted octanol–water partition coefficient (Wildman–Crippen LogP) is 4.91. The fraction of sp³-hybridized carbons (Fsp3) is 0.933. The minimum absolute atomic E-state index is 0.133. The standard InChI is InChI=1S/C15H31NO2/c1-5-9-12-15(8-4,11-7-3)16(14(17)18)13-10-6-2/h5-13H2,1-4H3,(H,17,18). The van der Waals surface area contributed by atoms with Crippen molar-refractivity contribution in [3.8, 4) is 0 Å². The quantitative estimate of drug-likeness (QED) is 0.604. The summed E-state index contributed by atoms with van der Waals surface area (Å²) in [5.41, 5.74) is -0.133. The van der Waals surface area contributed by atoms with Crippen LogP contribution < -0.4 is 0 Å². The summed E-state index contributed by atoms with van der Waals surface area (Å²) < 4.78 is 0. The van der Waals surface area contributed by atoms with Crippen LogP contribution in [0.2, 0.25) is 0 Å². The van der Waals surface area contributed by atoms with Gasteiger partial charge in [-0.05, 0) is 25.7 Å². The number of nitrogens with zero attached hydrogens (tertiary/aromatic N) is 1. The van der Waals surface area contributed by atoms with E-state index in [0.29, 0.717) is 6.54 Å². The van der Waals surface area contributed by atoms with Gasteiger partial charge in [-0.25, -0.2) is 4.79 Å². The molecule has 0 aromatic heterocycles. The van der Waals surface area contributed by atoms with Crippen LogP contribution in [0, 0.1) is 0 Å². The van der Waals surface area contributed by atoms with Crippen molar-refractivity contribution in [1.29, 1.82) is 0 Å². The van der Waals surface area contributed by atoms with Gasteiger partial charge in [0.15, 0.2) is 0 Å². The highest BCUT2D eigenvalue weighted by molar-refractivity contribution is 5.66. The summed E-state index contributed by atoms with van der Waals surface area (Å²) in [5, 5.41) is 9.52. The molecular weight excluding hydrogens is 226 g/mol. The van der Waals surface area contributed by atoms with E-state index in [9.17, 15) is 9.90 Å². The van der Waals surface area contributed by atoms with Crippen LogP contribution in [0.3, 0.4) is 0 Å². The number of amides is 1. The van der Waals surface area contributed by atoms with Gasteiger partial charge in [0.1, 0.15) is 0 Å². The number of hydrogen-bond acceptors (Lipinski definition) is 1. The molecule has 0 fully saturated rings. The summed E-state index contributed by atoms with van der Waals surface area (Å²) in [7, 11) is 0. The van der Waals surface area contributed by atoms with Gasteiger partial charge in [0.2, 0.25) is 0 Å². The molecule has 3 nitrogen and oxygen atoms in total. The van der Waals surface area contributed by atoms with Crippen LogP contribution in [-0.4, -0.2) is 28.2 Å². The van der Waals surface area contributed by atoms with Crippen LogP contribution in [0.1, 0.15) is 79.1 Å². The molecule has 0 spiro atoms. The molecular formula is C15H31NO2. The molecule has 0 aromatic carbocycles. The second kappa shape index (κ2) is 9.23. The smallest absolute Gasteiger partial charge is 0.407 e. The lowest BCUT2D eigenvalue weighted by Crippen LogP contribution is -2.51. The summed E-state index contributed by atoms with van der Waals surface area (Å²) in [6, 6.07) is 0. The van der Waals surface area contributed by atoms with Gasteiger partial charge in [0.25, 0.3) is 0 Å². The van der Waals surface area contributed by atoms with E-state index in [2.05, 4.69) is 27.7 Å². The molecule has 0 heterocycles. The zero-order chi connectivity index (χ0) is 14.0. The molecule has 1 N–H and O–H groups in total. The molecule has 3 heteroatoms. The normalized spacial score (nSPS) is 14.2. The number of rotatable bonds is 10. The van der Waals surface area contributed by atoms with Gasteiger partial charge in [-0.1, -0.05) is 53.4 Å². The van der Waals surface area contributed by atoms with Gasteiger partial charge in [-0.15, -0.1) is 0 Å². The van der Waals surface area contributed by atoms with Crippen molar-refractivity contribution < 1.29 is 9.90 Å². The molecule has 0 saturated heterocycles. The van der Waals surface area contributed by atoms with E-state index >= 15 is 0 Å². The Hall–Kier alpha value is -0.730. The predicted molar refractivity (Wildman–Crippen MR) is 77.1 cm³/mol. The number of hydrogen-bond donors (Lipinski definition) is 1. The van der Waals surface area contributed by atoms with E-state index < -0.39 is 6.09 Å². The number of carboxylic acid groups (broad SMARTS) is 1. The molecule has 0 bridgehead atoms. The van der Waals surface area contributed by atoms with E-state index in [1.54, 1.807) is 4.90 Å². The summed E-state index contributed by atoms with van der Waals surface area (Å²) in [6.07, 6.45) is 7.48. The third kappa shape index (κ3) is 4.87. The Balaban J connectivity index is 4.97. The molecule has 0 radical (unpaired) electrons. The first-order chi connectivity index (χ1) is 8.57. The average molecular weight is 257 g/mol. The Bertz CT molecular complexity index is 231. The molecule has 18 heavy (non-hydrogen) atoms. The average Bonchev–Trinajstić information content (AvgIpc) is 2.35. The van der Waals surface area contributed by atoms with Gasteiger partial charge in [0.05, 0.1) is 0 Å². The van der Waals surface area contributed by atoms with Crippen LogP contribution >= 0.6 is 0 Å². The van der Waals surface area contributed by atoms with Gasteiger partial charge in [-0.2, -0.15) is 0 Å². The maximum absolute atomic E-state index is 11.6. The molecule has 1 unspecified atom stereocenters. The minimum atomic E-state index is -0.741. The van der Waals surface area contributed by atoms with E-state index in [1.165, 1.54) is 0 Å². The van der Waals surface area contributed by atoms with Crippen molar-refractivity contribution in [2.24, 2.45) is 0 Å². The second-order valence-corrected chi connectivity index (χ2v) is 5.22. The summed E-state index contributed by atoms with van der Waals surface area (Å²) >= 11 is 0. The summed E-state index contributed by atoms with van der Waals surface area (Å²) in [4.78, 5) is 13.3. The van der Waals surface area contributed by atoms with Crippen molar-refractivity contribution in [3.05, 3.63) is 0 Å². The summed E-state index contributed by atoms with van der Waals surface area (Å²) in [6.45, 7) is 9.25. The van der Waals surface area contributed by atoms with Crippen molar-refractivity contribution in [3.63, 3.8) is 0 Å². The first-order valence-electron chi connectivity index (χ1n) is 7.58. The van der Waals surface area contributed by atoms with Crippen LogP contribution in [0.5, 0.6) is 0 Å². The van der Waals surface area contributed by atoms with Gasteiger partial charge in [-0.3, -0.25) is 0 Å². The maximum atomic E-state index is 11.6. The Morgan fingerprint density at radius 1 is 1.00 bits per heavy atom. The van der Waals surface area contributed by atoms with Crippen LogP contribution in [0.15, 0.2) is 0 Å². The fourth-order valence-corrected chi connectivity index (χ4v) is 2.76. The lowest BCUT2D eigenvalue weighted by atomic mass is 9.83. The third-order valence-corrected chi connectivity index (χ3v) is 3.91. The Morgan fingerprint density at radius 2 is 1.61 bits per heavy atom. The maximum Gasteiger partial charge on any atom is 0.407 e. The first-order valence-corrected chi connectivity index (χ1v) is 7.58. The highest BCUT2D eigenvalue weighted by Crippen LogP contribution is 2.32. The van der Waals surface area contributed by atoms with Crippen LogP contribution in [0.4, 0.5) is 4.79 Å². The monoisotopic (exact) mass is 257 g/mol. The second-order valence-electron chi connectivity index (χ2n) is 5.22. The van der Waals surface area contributed by atoms with Crippen molar-refractivity contribution in [1.82, 2.24) is 4.90 Å². The highest BCUT2D eigenvalue weighted by atomic mass is 16.4. The molecule has 0 aliphatic rings. The lowest BCUT2D eigenvalue weighted by Gasteiger charge is -2.42. The molecule has 1 atom stereocenters. The Labute approximate surface area is 113 Å². The SMILES string of the molecule is CCCCN(C(=O)O)C(CC)(CCC)CCCC. The van der Waals surface area contributed by atoms with Gasteiger partial charge in [0, 0.05) is 12.1 Å². The molecule has 0 aliphatic carbocycles. The van der Waals surface area contributed by atoms with E-state index in [1.807, 2.05) is 0 Å². The molecule has 0 aliphatic heterocycles. The van der Waals surface area contributed by atoms with Crippen LogP contribution in [0.25, 0.3) is 0 Å². The van der Waals surface area contributed by atoms with Crippen LogP contribution in [-0.2, 0) is 0 Å². The van der Waals surface area contributed by atoms with Crippen molar-refractivity contribution >= 4 is 6.09 Å². The topological polar surface area (TPSA) is 40.5 Å². The van der Waals surface area contributed by atoms with Crippen molar-refractivity contribution in [2.45, 2.75) is 84.6 Å².